The minimum Gasteiger partial charge on any atom is -0.325 e. The Bertz CT molecular complexity index is 450. The Kier molecular flexibility index (Phi) is 3.23. The Labute approximate surface area is 103 Å². The molecule has 0 aromatic heterocycles. The Hall–Kier alpha value is -1.31. The number of benzene rings is 1. The fourth-order valence-electron chi connectivity index (χ4n) is 2.95. The molecule has 1 N–H and O–H groups in total. The second kappa shape index (κ2) is 4.52. The van der Waals surface area contributed by atoms with Gasteiger partial charge in [-0.15, -0.1) is 0 Å². The molecule has 2 nitrogen and oxygen atoms in total. The van der Waals surface area contributed by atoms with Crippen LogP contribution in [-0.2, 0) is 4.79 Å². The van der Waals surface area contributed by atoms with Crippen LogP contribution in [-0.4, -0.2) is 5.91 Å². The third-order valence-electron chi connectivity index (χ3n) is 3.69. The summed E-state index contributed by atoms with van der Waals surface area (Å²) in [5.74, 6) is 0.639. The molecule has 0 saturated heterocycles. The highest BCUT2D eigenvalue weighted by Gasteiger charge is 2.35. The largest absolute Gasteiger partial charge is 0.325 e. The van der Waals surface area contributed by atoms with Crippen molar-refractivity contribution in [2.75, 3.05) is 5.32 Å². The van der Waals surface area contributed by atoms with E-state index in [4.69, 9.17) is 0 Å². The summed E-state index contributed by atoms with van der Waals surface area (Å²) in [5, 5.41) is 3.04. The molecule has 0 fully saturated rings. The van der Waals surface area contributed by atoms with Crippen LogP contribution in [0.1, 0.15) is 49.3 Å². The lowest BCUT2D eigenvalue weighted by atomic mass is 9.84. The highest BCUT2D eigenvalue weighted by molar-refractivity contribution is 6.04. The Balaban J connectivity index is 2.42. The van der Waals surface area contributed by atoms with Crippen LogP contribution >= 0.6 is 0 Å². The first-order valence-corrected chi connectivity index (χ1v) is 6.46. The average molecular weight is 231 g/mol. The normalized spacial score (nSPS) is 20.0. The molecular weight excluding hydrogens is 210 g/mol. The standard InChI is InChI=1S/C15H21NO/c1-5-6-10(3)13-12-8-9(2)7-11(4)14(12)16-15(13)17/h7-8,10,13H,5-6H2,1-4H3,(H,16,17). The van der Waals surface area contributed by atoms with Crippen molar-refractivity contribution in [3.63, 3.8) is 0 Å². The smallest absolute Gasteiger partial charge is 0.232 e. The van der Waals surface area contributed by atoms with Gasteiger partial charge in [0.1, 0.15) is 0 Å². The monoisotopic (exact) mass is 231 g/mol. The topological polar surface area (TPSA) is 29.1 Å². The molecule has 0 spiro atoms. The number of carbonyl (C=O) groups is 1. The van der Waals surface area contributed by atoms with Crippen LogP contribution < -0.4 is 5.32 Å². The highest BCUT2D eigenvalue weighted by atomic mass is 16.2. The summed E-state index contributed by atoms with van der Waals surface area (Å²) >= 11 is 0. The van der Waals surface area contributed by atoms with Crippen LogP contribution in [0.15, 0.2) is 12.1 Å². The fraction of sp³-hybridized carbons (Fsp3) is 0.533. The molecule has 0 bridgehead atoms. The summed E-state index contributed by atoms with van der Waals surface area (Å²) in [6, 6.07) is 4.29. The van der Waals surface area contributed by atoms with Crippen LogP contribution in [0.2, 0.25) is 0 Å². The van der Waals surface area contributed by atoms with Gasteiger partial charge in [-0.1, -0.05) is 38.0 Å². The summed E-state index contributed by atoms with van der Waals surface area (Å²) < 4.78 is 0. The Morgan fingerprint density at radius 2 is 2.06 bits per heavy atom. The van der Waals surface area contributed by atoms with Crippen LogP contribution in [0.5, 0.6) is 0 Å². The quantitative estimate of drug-likeness (QED) is 0.842. The lowest BCUT2D eigenvalue weighted by Gasteiger charge is -2.17. The van der Waals surface area contributed by atoms with E-state index in [0.717, 1.165) is 18.5 Å². The number of nitrogens with one attached hydrogen (secondary N) is 1. The van der Waals surface area contributed by atoms with Crippen LogP contribution in [0.3, 0.4) is 0 Å². The minimum absolute atomic E-state index is 0.0450. The van der Waals surface area contributed by atoms with Crippen LogP contribution in [0, 0.1) is 19.8 Å². The van der Waals surface area contributed by atoms with E-state index in [1.54, 1.807) is 0 Å². The molecule has 2 atom stereocenters. The van der Waals surface area contributed by atoms with E-state index in [9.17, 15) is 4.79 Å². The van der Waals surface area contributed by atoms with Gasteiger partial charge in [0, 0.05) is 5.69 Å². The molecule has 17 heavy (non-hydrogen) atoms. The van der Waals surface area contributed by atoms with Gasteiger partial charge in [-0.3, -0.25) is 4.79 Å². The van der Waals surface area contributed by atoms with E-state index < -0.39 is 0 Å². The van der Waals surface area contributed by atoms with Crippen molar-refractivity contribution >= 4 is 11.6 Å². The van der Waals surface area contributed by atoms with Gasteiger partial charge in [-0.2, -0.15) is 0 Å². The molecule has 1 heterocycles. The van der Waals surface area contributed by atoms with Crippen molar-refractivity contribution in [2.24, 2.45) is 5.92 Å². The molecular formula is C15H21NO. The second-order valence-electron chi connectivity index (χ2n) is 5.28. The van der Waals surface area contributed by atoms with E-state index >= 15 is 0 Å². The first-order chi connectivity index (χ1) is 8.04. The predicted octanol–water partition coefficient (Wildman–Crippen LogP) is 3.78. The van der Waals surface area contributed by atoms with Gasteiger partial charge in [0.05, 0.1) is 5.92 Å². The van der Waals surface area contributed by atoms with E-state index in [1.165, 1.54) is 16.7 Å². The minimum atomic E-state index is 0.0450. The number of rotatable bonds is 3. The zero-order chi connectivity index (χ0) is 12.6. The van der Waals surface area contributed by atoms with Crippen LogP contribution in [0.4, 0.5) is 5.69 Å². The number of hydrogen-bond acceptors (Lipinski definition) is 1. The maximum absolute atomic E-state index is 12.1. The Morgan fingerprint density at radius 3 is 2.71 bits per heavy atom. The van der Waals surface area contributed by atoms with Gasteiger partial charge in [-0.25, -0.2) is 0 Å². The number of hydrogen-bond donors (Lipinski definition) is 1. The first kappa shape index (κ1) is 12.2. The van der Waals surface area contributed by atoms with E-state index in [-0.39, 0.29) is 11.8 Å². The van der Waals surface area contributed by atoms with Crippen molar-refractivity contribution in [1.82, 2.24) is 0 Å². The van der Waals surface area contributed by atoms with Gasteiger partial charge in [0.25, 0.3) is 0 Å². The summed E-state index contributed by atoms with van der Waals surface area (Å²) in [6.45, 7) is 8.52. The van der Waals surface area contributed by atoms with Crippen molar-refractivity contribution in [3.05, 3.63) is 28.8 Å². The molecule has 92 valence electrons. The van der Waals surface area contributed by atoms with E-state index in [2.05, 4.69) is 45.1 Å². The second-order valence-corrected chi connectivity index (χ2v) is 5.28. The molecule has 1 aliphatic heterocycles. The van der Waals surface area contributed by atoms with Gasteiger partial charge >= 0.3 is 0 Å². The zero-order valence-electron chi connectivity index (χ0n) is 11.1. The summed E-state index contributed by atoms with van der Waals surface area (Å²) in [4.78, 5) is 12.1. The van der Waals surface area contributed by atoms with Crippen LogP contribution in [0.25, 0.3) is 0 Å². The van der Waals surface area contributed by atoms with Crippen molar-refractivity contribution in [3.8, 4) is 0 Å². The summed E-state index contributed by atoms with van der Waals surface area (Å²) in [5.41, 5.74) is 4.67. The fourth-order valence-corrected chi connectivity index (χ4v) is 2.95. The maximum Gasteiger partial charge on any atom is 0.232 e. The third kappa shape index (κ3) is 2.08. The number of fused-ring (bicyclic) bond motifs is 1. The van der Waals surface area contributed by atoms with Gasteiger partial charge in [0.2, 0.25) is 5.91 Å². The third-order valence-corrected chi connectivity index (χ3v) is 3.69. The molecule has 0 radical (unpaired) electrons. The first-order valence-electron chi connectivity index (χ1n) is 6.46. The lowest BCUT2D eigenvalue weighted by Crippen LogP contribution is -2.18. The zero-order valence-corrected chi connectivity index (χ0v) is 11.1. The van der Waals surface area contributed by atoms with Crippen molar-refractivity contribution in [2.45, 2.75) is 46.5 Å². The molecule has 1 aromatic rings. The number of carbonyl (C=O) groups excluding carboxylic acids is 1. The molecule has 1 aliphatic rings. The molecule has 1 amide bonds. The predicted molar refractivity (Wildman–Crippen MR) is 71.4 cm³/mol. The number of aryl methyl sites for hydroxylation is 2. The molecule has 1 aromatic carbocycles. The highest BCUT2D eigenvalue weighted by Crippen LogP contribution is 2.41. The lowest BCUT2D eigenvalue weighted by molar-refractivity contribution is -0.118. The number of amides is 1. The maximum atomic E-state index is 12.1. The molecule has 2 heteroatoms. The average Bonchev–Trinajstić information content (AvgIpc) is 2.55. The van der Waals surface area contributed by atoms with Gasteiger partial charge < -0.3 is 5.32 Å². The van der Waals surface area contributed by atoms with Crippen molar-refractivity contribution in [1.29, 1.82) is 0 Å². The van der Waals surface area contributed by atoms with E-state index in [0.29, 0.717) is 5.92 Å². The van der Waals surface area contributed by atoms with Gasteiger partial charge in [0.15, 0.2) is 0 Å². The number of anilines is 1. The molecule has 0 saturated carbocycles. The summed E-state index contributed by atoms with van der Waals surface area (Å²) in [7, 11) is 0. The SMILES string of the molecule is CCCC(C)C1C(=O)Nc2c(C)cc(C)cc21. The van der Waals surface area contributed by atoms with Gasteiger partial charge in [-0.05, 0) is 37.3 Å². The molecule has 2 rings (SSSR count). The molecule has 2 unspecified atom stereocenters. The van der Waals surface area contributed by atoms with Crippen molar-refractivity contribution < 1.29 is 4.79 Å². The Morgan fingerprint density at radius 1 is 1.35 bits per heavy atom. The summed E-state index contributed by atoms with van der Waals surface area (Å²) in [6.07, 6.45) is 2.23. The van der Waals surface area contributed by atoms with E-state index in [1.807, 2.05) is 0 Å². The molecule has 0 aliphatic carbocycles.